The molecule has 3 rings (SSSR count). The monoisotopic (exact) mass is 433 g/mol. The standard InChI is InChI=1S/C19H23BrF3NO2/c20-15-6-4-13(5-7-15)18(8-10-26-11-9-18)17(25)24-16-3-1-2-14(12-16)19(21,22)23/h4-7,14,16H,1-3,8-12H2,(H,24,25). The van der Waals surface area contributed by atoms with E-state index in [9.17, 15) is 18.0 Å². The van der Waals surface area contributed by atoms with Gasteiger partial charge in [0.2, 0.25) is 5.91 Å². The molecule has 0 bridgehead atoms. The van der Waals surface area contributed by atoms with Gasteiger partial charge in [-0.15, -0.1) is 0 Å². The minimum atomic E-state index is -4.19. The third-order valence-electron chi connectivity index (χ3n) is 5.65. The first kappa shape index (κ1) is 19.7. The second-order valence-corrected chi connectivity index (χ2v) is 8.19. The molecule has 1 saturated heterocycles. The van der Waals surface area contributed by atoms with E-state index in [1.54, 1.807) is 0 Å². The second-order valence-electron chi connectivity index (χ2n) is 7.28. The number of halogens is 4. The molecule has 1 saturated carbocycles. The number of hydrogen-bond donors (Lipinski definition) is 1. The minimum Gasteiger partial charge on any atom is -0.381 e. The highest BCUT2D eigenvalue weighted by Crippen LogP contribution is 2.39. The van der Waals surface area contributed by atoms with Crippen molar-refractivity contribution in [2.75, 3.05) is 13.2 Å². The van der Waals surface area contributed by atoms with Crippen LogP contribution in [0.2, 0.25) is 0 Å². The van der Waals surface area contributed by atoms with E-state index in [-0.39, 0.29) is 18.7 Å². The minimum absolute atomic E-state index is 0.0256. The van der Waals surface area contributed by atoms with Crippen LogP contribution in [0.4, 0.5) is 13.2 Å². The summed E-state index contributed by atoms with van der Waals surface area (Å²) in [5, 5.41) is 2.94. The Morgan fingerprint density at radius 1 is 1.15 bits per heavy atom. The zero-order valence-corrected chi connectivity index (χ0v) is 16.0. The molecule has 0 spiro atoms. The summed E-state index contributed by atoms with van der Waals surface area (Å²) in [7, 11) is 0. The number of nitrogens with one attached hydrogen (secondary N) is 1. The zero-order valence-electron chi connectivity index (χ0n) is 14.4. The highest BCUT2D eigenvalue weighted by molar-refractivity contribution is 9.10. The Morgan fingerprint density at radius 2 is 1.81 bits per heavy atom. The van der Waals surface area contributed by atoms with Gasteiger partial charge in [-0.3, -0.25) is 4.79 Å². The van der Waals surface area contributed by atoms with Crippen LogP contribution < -0.4 is 5.32 Å². The Balaban J connectivity index is 1.77. The molecule has 1 aliphatic carbocycles. The van der Waals surface area contributed by atoms with Crippen molar-refractivity contribution in [1.82, 2.24) is 5.32 Å². The van der Waals surface area contributed by atoms with E-state index >= 15 is 0 Å². The van der Waals surface area contributed by atoms with Gasteiger partial charge < -0.3 is 10.1 Å². The molecular weight excluding hydrogens is 411 g/mol. The molecule has 1 aromatic rings. The van der Waals surface area contributed by atoms with E-state index in [0.717, 1.165) is 10.0 Å². The number of alkyl halides is 3. The van der Waals surface area contributed by atoms with E-state index in [1.165, 1.54) is 0 Å². The molecule has 2 atom stereocenters. The third-order valence-corrected chi connectivity index (χ3v) is 6.18. The maximum absolute atomic E-state index is 13.2. The average Bonchev–Trinajstić information content (AvgIpc) is 2.62. The fourth-order valence-electron chi connectivity index (χ4n) is 4.08. The van der Waals surface area contributed by atoms with Gasteiger partial charge in [-0.2, -0.15) is 13.2 Å². The quantitative estimate of drug-likeness (QED) is 0.747. The summed E-state index contributed by atoms with van der Waals surface area (Å²) in [6.45, 7) is 0.943. The van der Waals surface area contributed by atoms with Gasteiger partial charge in [0.1, 0.15) is 0 Å². The van der Waals surface area contributed by atoms with Crippen molar-refractivity contribution in [3.63, 3.8) is 0 Å². The topological polar surface area (TPSA) is 38.3 Å². The lowest BCUT2D eigenvalue weighted by atomic mass is 9.73. The summed E-state index contributed by atoms with van der Waals surface area (Å²) < 4.78 is 45.5. The van der Waals surface area contributed by atoms with Gasteiger partial charge in [-0.1, -0.05) is 34.5 Å². The molecule has 2 unspecified atom stereocenters. The summed E-state index contributed by atoms with van der Waals surface area (Å²) in [5.41, 5.74) is 0.161. The van der Waals surface area contributed by atoms with E-state index < -0.39 is 23.6 Å². The molecule has 1 N–H and O–H groups in total. The van der Waals surface area contributed by atoms with E-state index in [0.29, 0.717) is 38.9 Å². The fraction of sp³-hybridized carbons (Fsp3) is 0.632. The first-order chi connectivity index (χ1) is 12.3. The molecular formula is C19H23BrF3NO2. The van der Waals surface area contributed by atoms with Crippen LogP contribution in [0, 0.1) is 5.92 Å². The van der Waals surface area contributed by atoms with Crippen LogP contribution in [-0.4, -0.2) is 31.3 Å². The number of amides is 1. The van der Waals surface area contributed by atoms with Gasteiger partial charge in [-0.05, 0) is 49.8 Å². The zero-order chi connectivity index (χ0) is 18.8. The Kier molecular flexibility index (Phi) is 5.97. The predicted molar refractivity (Wildman–Crippen MR) is 95.8 cm³/mol. The molecule has 1 amide bonds. The Labute approximate surface area is 159 Å². The molecule has 1 heterocycles. The number of carbonyl (C=O) groups excluding carboxylic acids is 1. The summed E-state index contributed by atoms with van der Waals surface area (Å²) in [6.07, 6.45) is -1.89. The van der Waals surface area contributed by atoms with Gasteiger partial charge in [0.15, 0.2) is 0 Å². The van der Waals surface area contributed by atoms with Crippen LogP contribution in [-0.2, 0) is 14.9 Å². The molecule has 144 valence electrons. The lowest BCUT2D eigenvalue weighted by Gasteiger charge is -2.39. The van der Waals surface area contributed by atoms with Crippen molar-refractivity contribution in [2.24, 2.45) is 5.92 Å². The first-order valence-corrected chi connectivity index (χ1v) is 9.82. The predicted octanol–water partition coefficient (Wildman–Crippen LogP) is 4.73. The second kappa shape index (κ2) is 7.89. The van der Waals surface area contributed by atoms with Gasteiger partial charge in [0, 0.05) is 23.7 Å². The fourth-order valence-corrected chi connectivity index (χ4v) is 4.34. The molecule has 1 aliphatic heterocycles. The largest absolute Gasteiger partial charge is 0.391 e. The molecule has 7 heteroatoms. The van der Waals surface area contributed by atoms with Crippen molar-refractivity contribution >= 4 is 21.8 Å². The van der Waals surface area contributed by atoms with Crippen molar-refractivity contribution in [3.05, 3.63) is 34.3 Å². The SMILES string of the molecule is O=C(NC1CCCC(C(F)(F)F)C1)C1(c2ccc(Br)cc2)CCOCC1. The highest BCUT2D eigenvalue weighted by atomic mass is 79.9. The summed E-state index contributed by atoms with van der Waals surface area (Å²) >= 11 is 3.40. The van der Waals surface area contributed by atoms with Gasteiger partial charge in [0.05, 0.1) is 11.3 Å². The Morgan fingerprint density at radius 3 is 2.42 bits per heavy atom. The molecule has 0 radical (unpaired) electrons. The van der Waals surface area contributed by atoms with Crippen LogP contribution in [0.5, 0.6) is 0 Å². The van der Waals surface area contributed by atoms with Crippen LogP contribution in [0.15, 0.2) is 28.7 Å². The average molecular weight is 434 g/mol. The van der Waals surface area contributed by atoms with E-state index in [1.807, 2.05) is 24.3 Å². The first-order valence-electron chi connectivity index (χ1n) is 9.03. The molecule has 3 nitrogen and oxygen atoms in total. The molecule has 2 fully saturated rings. The molecule has 26 heavy (non-hydrogen) atoms. The summed E-state index contributed by atoms with van der Waals surface area (Å²) in [4.78, 5) is 13.2. The number of rotatable bonds is 3. The van der Waals surface area contributed by atoms with Gasteiger partial charge in [-0.25, -0.2) is 0 Å². The number of carbonyl (C=O) groups is 1. The van der Waals surface area contributed by atoms with Gasteiger partial charge >= 0.3 is 6.18 Å². The van der Waals surface area contributed by atoms with Crippen LogP contribution >= 0.6 is 15.9 Å². The highest BCUT2D eigenvalue weighted by Gasteiger charge is 2.45. The van der Waals surface area contributed by atoms with Crippen LogP contribution in [0.25, 0.3) is 0 Å². The Bertz CT molecular complexity index is 627. The maximum Gasteiger partial charge on any atom is 0.391 e. The van der Waals surface area contributed by atoms with Crippen molar-refractivity contribution < 1.29 is 22.7 Å². The number of hydrogen-bond acceptors (Lipinski definition) is 2. The Hall–Kier alpha value is -1.08. The van der Waals surface area contributed by atoms with Crippen LogP contribution in [0.3, 0.4) is 0 Å². The lowest BCUT2D eigenvalue weighted by Crippen LogP contribution is -2.52. The number of ether oxygens (including phenoxy) is 1. The van der Waals surface area contributed by atoms with Crippen molar-refractivity contribution in [2.45, 2.75) is 56.2 Å². The van der Waals surface area contributed by atoms with E-state index in [4.69, 9.17) is 4.74 Å². The lowest BCUT2D eigenvalue weighted by molar-refractivity contribution is -0.184. The molecule has 0 aromatic heterocycles. The maximum atomic E-state index is 13.2. The summed E-state index contributed by atoms with van der Waals surface area (Å²) in [6, 6.07) is 7.18. The van der Waals surface area contributed by atoms with Gasteiger partial charge in [0.25, 0.3) is 0 Å². The van der Waals surface area contributed by atoms with Crippen LogP contribution in [0.1, 0.15) is 44.1 Å². The smallest absolute Gasteiger partial charge is 0.381 e. The van der Waals surface area contributed by atoms with E-state index in [2.05, 4.69) is 21.2 Å². The summed E-state index contributed by atoms with van der Waals surface area (Å²) in [5.74, 6) is -1.49. The van der Waals surface area contributed by atoms with Crippen molar-refractivity contribution in [1.29, 1.82) is 0 Å². The third kappa shape index (κ3) is 4.25. The van der Waals surface area contributed by atoms with Crippen molar-refractivity contribution in [3.8, 4) is 0 Å². The molecule has 2 aliphatic rings. The normalized spacial score (nSPS) is 26.3. The number of benzene rings is 1. The molecule has 1 aromatic carbocycles.